The quantitative estimate of drug-likeness (QED) is 0.916. The minimum atomic E-state index is -0.386. The van der Waals surface area contributed by atoms with Crippen molar-refractivity contribution in [2.75, 3.05) is 0 Å². The number of aliphatic hydroxyl groups excluding tert-OH is 1. The smallest absolute Gasteiger partial charge is 0.228 e. The molecule has 0 saturated carbocycles. The molecule has 1 aliphatic heterocycles. The lowest BCUT2D eigenvalue weighted by Crippen LogP contribution is -2.35. The van der Waals surface area contributed by atoms with Gasteiger partial charge in [0.05, 0.1) is 6.10 Å². The number of hydrogen-bond donors (Lipinski definition) is 1. The largest absolute Gasteiger partial charge is 0.388 e. The van der Waals surface area contributed by atoms with Crippen LogP contribution in [0.3, 0.4) is 0 Å². The van der Waals surface area contributed by atoms with Gasteiger partial charge in [0.25, 0.3) is 0 Å². The highest BCUT2D eigenvalue weighted by Gasteiger charge is 2.31. The van der Waals surface area contributed by atoms with Crippen LogP contribution in [0.25, 0.3) is 0 Å². The number of benzene rings is 1. The van der Waals surface area contributed by atoms with Gasteiger partial charge in [-0.2, -0.15) is 0 Å². The van der Waals surface area contributed by atoms with Crippen molar-refractivity contribution in [3.05, 3.63) is 34.9 Å². The number of amides is 1. The van der Waals surface area contributed by atoms with Gasteiger partial charge in [-0.25, -0.2) is 0 Å². The van der Waals surface area contributed by atoms with E-state index in [4.69, 9.17) is 0 Å². The molecule has 0 bridgehead atoms. The summed E-state index contributed by atoms with van der Waals surface area (Å²) in [5.41, 5.74) is 3.03. The molecule has 21 heavy (non-hydrogen) atoms. The van der Waals surface area contributed by atoms with Gasteiger partial charge in [-0.1, -0.05) is 58.7 Å². The molecule has 0 aliphatic carbocycles. The molecule has 1 N–H and O–H groups in total. The van der Waals surface area contributed by atoms with Crippen LogP contribution in [0.4, 0.5) is 0 Å². The number of aliphatic hydroxyl groups is 1. The van der Waals surface area contributed by atoms with E-state index in [0.29, 0.717) is 13.1 Å². The summed E-state index contributed by atoms with van der Waals surface area (Å²) in [6, 6.07) is 6.14. The van der Waals surface area contributed by atoms with Crippen LogP contribution >= 0.6 is 0 Å². The Hall–Kier alpha value is -1.35. The highest BCUT2D eigenvalue weighted by atomic mass is 16.3. The van der Waals surface area contributed by atoms with E-state index in [1.165, 1.54) is 11.1 Å². The zero-order chi connectivity index (χ0) is 15.6. The Kier molecular flexibility index (Phi) is 4.72. The summed E-state index contributed by atoms with van der Waals surface area (Å²) in [6.07, 6.45) is 2.55. The van der Waals surface area contributed by atoms with Gasteiger partial charge in [-0.3, -0.25) is 4.79 Å². The number of fused-ring (bicyclic) bond motifs is 1. The van der Waals surface area contributed by atoms with Gasteiger partial charge in [-0.15, -0.1) is 0 Å². The maximum Gasteiger partial charge on any atom is 0.228 e. The first-order chi connectivity index (χ1) is 9.82. The second-order valence-corrected chi connectivity index (χ2v) is 7.10. The molecule has 1 amide bonds. The van der Waals surface area contributed by atoms with Crippen molar-refractivity contribution in [3.8, 4) is 0 Å². The lowest BCUT2D eigenvalue weighted by Gasteiger charge is -2.25. The number of rotatable bonds is 4. The summed E-state index contributed by atoms with van der Waals surface area (Å²) in [6.45, 7) is 9.36. The van der Waals surface area contributed by atoms with Crippen molar-refractivity contribution in [1.82, 2.24) is 4.90 Å². The van der Waals surface area contributed by atoms with Crippen LogP contribution in [0, 0.1) is 5.41 Å². The van der Waals surface area contributed by atoms with Crippen LogP contribution < -0.4 is 0 Å². The number of carbonyl (C=O) groups is 1. The molecule has 1 aromatic rings. The maximum atomic E-state index is 12.4. The van der Waals surface area contributed by atoms with Crippen molar-refractivity contribution in [1.29, 1.82) is 0 Å². The third-order valence-electron chi connectivity index (χ3n) is 4.10. The van der Waals surface area contributed by atoms with E-state index < -0.39 is 0 Å². The van der Waals surface area contributed by atoms with E-state index in [0.717, 1.165) is 24.8 Å². The predicted molar refractivity (Wildman–Crippen MR) is 84.6 cm³/mol. The summed E-state index contributed by atoms with van der Waals surface area (Å²) in [7, 11) is 0. The molecule has 1 heterocycles. The van der Waals surface area contributed by atoms with Crippen molar-refractivity contribution in [2.45, 2.75) is 66.2 Å². The Labute approximate surface area is 128 Å². The second-order valence-electron chi connectivity index (χ2n) is 7.10. The Morgan fingerprint density at radius 3 is 2.57 bits per heavy atom. The molecule has 3 nitrogen and oxygen atoms in total. The standard InChI is InChI=1S/C18H27NO2/c1-5-6-7-16(20)13-8-9-14-11-19(12-15(14)10-13)17(21)18(2,3)4/h8-10,16,20H,5-7,11-12H2,1-4H3. The van der Waals surface area contributed by atoms with E-state index in [-0.39, 0.29) is 17.4 Å². The van der Waals surface area contributed by atoms with E-state index >= 15 is 0 Å². The van der Waals surface area contributed by atoms with Gasteiger partial charge in [-0.05, 0) is 23.1 Å². The number of unbranched alkanes of at least 4 members (excludes halogenated alkanes) is 1. The van der Waals surface area contributed by atoms with E-state index in [9.17, 15) is 9.90 Å². The van der Waals surface area contributed by atoms with Crippen LogP contribution in [-0.4, -0.2) is 15.9 Å². The Morgan fingerprint density at radius 1 is 1.29 bits per heavy atom. The summed E-state index contributed by atoms with van der Waals surface area (Å²) in [4.78, 5) is 14.3. The molecule has 1 unspecified atom stereocenters. The topological polar surface area (TPSA) is 40.5 Å². The Bertz CT molecular complexity index is 516. The summed E-state index contributed by atoms with van der Waals surface area (Å²) < 4.78 is 0. The van der Waals surface area contributed by atoms with Gasteiger partial charge in [0, 0.05) is 18.5 Å². The third-order valence-corrected chi connectivity index (χ3v) is 4.10. The molecule has 0 aromatic heterocycles. The lowest BCUT2D eigenvalue weighted by atomic mass is 9.95. The monoisotopic (exact) mass is 289 g/mol. The zero-order valence-electron chi connectivity index (χ0n) is 13.6. The van der Waals surface area contributed by atoms with Crippen LogP contribution in [-0.2, 0) is 17.9 Å². The minimum absolute atomic E-state index is 0.187. The lowest BCUT2D eigenvalue weighted by molar-refractivity contribution is -0.140. The van der Waals surface area contributed by atoms with Crippen molar-refractivity contribution in [2.24, 2.45) is 5.41 Å². The van der Waals surface area contributed by atoms with E-state index in [1.54, 1.807) is 0 Å². The van der Waals surface area contributed by atoms with Crippen LogP contribution in [0.1, 0.15) is 69.8 Å². The molecular weight excluding hydrogens is 262 g/mol. The molecule has 3 heteroatoms. The highest BCUT2D eigenvalue weighted by Crippen LogP contribution is 2.30. The van der Waals surface area contributed by atoms with Crippen molar-refractivity contribution >= 4 is 5.91 Å². The number of hydrogen-bond acceptors (Lipinski definition) is 2. The molecule has 0 saturated heterocycles. The average molecular weight is 289 g/mol. The van der Waals surface area contributed by atoms with Gasteiger partial charge < -0.3 is 10.0 Å². The van der Waals surface area contributed by atoms with Crippen molar-refractivity contribution < 1.29 is 9.90 Å². The Balaban J connectivity index is 2.10. The summed E-state index contributed by atoms with van der Waals surface area (Å²) >= 11 is 0. The fourth-order valence-electron chi connectivity index (χ4n) is 2.80. The normalized spacial score (nSPS) is 16.0. The van der Waals surface area contributed by atoms with Crippen LogP contribution in [0.15, 0.2) is 18.2 Å². The number of nitrogens with zero attached hydrogens (tertiary/aromatic N) is 1. The van der Waals surface area contributed by atoms with Crippen LogP contribution in [0.2, 0.25) is 0 Å². The number of carbonyl (C=O) groups excluding carboxylic acids is 1. The molecule has 0 spiro atoms. The first-order valence-electron chi connectivity index (χ1n) is 7.92. The minimum Gasteiger partial charge on any atom is -0.388 e. The highest BCUT2D eigenvalue weighted by molar-refractivity contribution is 5.82. The fraction of sp³-hybridized carbons (Fsp3) is 0.611. The second kappa shape index (κ2) is 6.18. The first kappa shape index (κ1) is 16.0. The molecule has 1 aromatic carbocycles. The molecule has 116 valence electrons. The first-order valence-corrected chi connectivity index (χ1v) is 7.92. The van der Waals surface area contributed by atoms with Crippen molar-refractivity contribution in [3.63, 3.8) is 0 Å². The van der Waals surface area contributed by atoms with Gasteiger partial charge >= 0.3 is 0 Å². The third kappa shape index (κ3) is 3.65. The molecule has 1 atom stereocenters. The Morgan fingerprint density at radius 2 is 1.95 bits per heavy atom. The molecule has 1 aliphatic rings. The van der Waals surface area contributed by atoms with Gasteiger partial charge in [0.2, 0.25) is 5.91 Å². The molecule has 2 rings (SSSR count). The predicted octanol–water partition coefficient (Wildman–Crippen LogP) is 3.80. The van der Waals surface area contributed by atoms with E-state index in [1.807, 2.05) is 31.7 Å². The molecule has 0 radical (unpaired) electrons. The molecule has 0 fully saturated rings. The van der Waals surface area contributed by atoms with E-state index in [2.05, 4.69) is 19.1 Å². The van der Waals surface area contributed by atoms with Crippen LogP contribution in [0.5, 0.6) is 0 Å². The summed E-state index contributed by atoms with van der Waals surface area (Å²) in [5.74, 6) is 0.187. The zero-order valence-corrected chi connectivity index (χ0v) is 13.6. The molecular formula is C18H27NO2. The fourth-order valence-corrected chi connectivity index (χ4v) is 2.80. The SMILES string of the molecule is CCCCC(O)c1ccc2c(c1)CN(C(=O)C(C)(C)C)C2. The van der Waals surface area contributed by atoms with Gasteiger partial charge in [0.1, 0.15) is 0 Å². The summed E-state index contributed by atoms with van der Waals surface area (Å²) in [5, 5.41) is 10.2. The average Bonchev–Trinajstić information content (AvgIpc) is 2.85. The maximum absolute atomic E-state index is 12.4. The van der Waals surface area contributed by atoms with Gasteiger partial charge in [0.15, 0.2) is 0 Å².